The molecule has 1 heterocycles. The van der Waals surface area contributed by atoms with Crippen molar-refractivity contribution in [3.8, 4) is 11.1 Å². The Bertz CT molecular complexity index is 941. The van der Waals surface area contributed by atoms with Gasteiger partial charge >= 0.3 is 5.76 Å². The Labute approximate surface area is 150 Å². The summed E-state index contributed by atoms with van der Waals surface area (Å²) in [5.74, 6) is -3.62. The molecule has 0 radical (unpaired) electrons. The van der Waals surface area contributed by atoms with Gasteiger partial charge in [-0.25, -0.2) is 8.42 Å². The SMILES string of the molecule is O=C1C=CCCN1c1ccc(-c2ccccc2NS(=O)(=O)C(F)F)cc1. The highest BCUT2D eigenvalue weighted by molar-refractivity contribution is 7.93. The number of nitrogens with zero attached hydrogens (tertiary/aromatic N) is 1. The van der Waals surface area contributed by atoms with Crippen LogP contribution in [0.15, 0.2) is 60.7 Å². The molecular weight excluding hydrogens is 362 g/mol. The summed E-state index contributed by atoms with van der Waals surface area (Å²) in [5, 5.41) is 0. The van der Waals surface area contributed by atoms with E-state index in [1.54, 1.807) is 47.4 Å². The lowest BCUT2D eigenvalue weighted by Gasteiger charge is -2.23. The monoisotopic (exact) mass is 378 g/mol. The summed E-state index contributed by atoms with van der Waals surface area (Å²) in [7, 11) is -4.76. The van der Waals surface area contributed by atoms with Crippen molar-refractivity contribution in [1.82, 2.24) is 0 Å². The van der Waals surface area contributed by atoms with Crippen LogP contribution in [0.1, 0.15) is 6.42 Å². The van der Waals surface area contributed by atoms with Gasteiger partial charge in [0.05, 0.1) is 5.69 Å². The number of alkyl halides is 2. The molecule has 0 spiro atoms. The summed E-state index contributed by atoms with van der Waals surface area (Å²) in [4.78, 5) is 13.5. The lowest BCUT2D eigenvalue weighted by atomic mass is 10.0. The molecule has 0 aliphatic carbocycles. The highest BCUT2D eigenvalue weighted by Gasteiger charge is 2.25. The Hall–Kier alpha value is -2.74. The van der Waals surface area contributed by atoms with Crippen molar-refractivity contribution in [3.05, 3.63) is 60.7 Å². The molecule has 0 unspecified atom stereocenters. The standard InChI is InChI=1S/C18H16F2N2O3S/c19-18(20)26(24,25)21-16-6-2-1-5-15(16)13-8-10-14(11-9-13)22-12-4-3-7-17(22)23/h1-3,5-11,18,21H,4,12H2. The van der Waals surface area contributed by atoms with Crippen LogP contribution in [0, 0.1) is 0 Å². The number of anilines is 2. The zero-order valence-corrected chi connectivity index (χ0v) is 14.4. The van der Waals surface area contributed by atoms with Crippen LogP contribution >= 0.6 is 0 Å². The van der Waals surface area contributed by atoms with Gasteiger partial charge in [-0.05, 0) is 36.3 Å². The van der Waals surface area contributed by atoms with Crippen LogP contribution in [0.25, 0.3) is 11.1 Å². The highest BCUT2D eigenvalue weighted by Crippen LogP contribution is 2.31. The molecule has 3 rings (SSSR count). The fourth-order valence-electron chi connectivity index (χ4n) is 2.69. The number of nitrogens with one attached hydrogen (secondary N) is 1. The lowest BCUT2D eigenvalue weighted by molar-refractivity contribution is -0.114. The predicted molar refractivity (Wildman–Crippen MR) is 96.5 cm³/mol. The molecule has 8 heteroatoms. The number of hydrogen-bond donors (Lipinski definition) is 1. The van der Waals surface area contributed by atoms with E-state index >= 15 is 0 Å². The molecule has 0 atom stereocenters. The van der Waals surface area contributed by atoms with Crippen molar-refractivity contribution in [2.45, 2.75) is 12.2 Å². The quantitative estimate of drug-likeness (QED) is 0.864. The number of para-hydroxylation sites is 1. The van der Waals surface area contributed by atoms with Crippen LogP contribution in [0.5, 0.6) is 0 Å². The molecule has 2 aromatic rings. The number of hydrogen-bond acceptors (Lipinski definition) is 3. The largest absolute Gasteiger partial charge is 0.355 e. The molecule has 26 heavy (non-hydrogen) atoms. The van der Waals surface area contributed by atoms with E-state index in [0.717, 1.165) is 6.42 Å². The number of carbonyl (C=O) groups is 1. The van der Waals surface area contributed by atoms with Crippen molar-refractivity contribution >= 4 is 27.3 Å². The van der Waals surface area contributed by atoms with Crippen LogP contribution in [0.3, 0.4) is 0 Å². The lowest BCUT2D eigenvalue weighted by Crippen LogP contribution is -2.32. The second-order valence-electron chi connectivity index (χ2n) is 5.68. The molecular formula is C18H16F2N2O3S. The van der Waals surface area contributed by atoms with Crippen LogP contribution in [0.4, 0.5) is 20.2 Å². The summed E-state index contributed by atoms with van der Waals surface area (Å²) in [6.45, 7) is 0.583. The Balaban J connectivity index is 1.91. The number of amides is 1. The number of carbonyl (C=O) groups excluding carboxylic acids is 1. The first-order valence-corrected chi connectivity index (χ1v) is 9.40. The van der Waals surface area contributed by atoms with E-state index in [9.17, 15) is 22.0 Å². The molecule has 0 saturated heterocycles. The first-order chi connectivity index (χ1) is 12.4. The normalized spacial score (nSPS) is 14.7. The predicted octanol–water partition coefficient (Wildman–Crippen LogP) is 3.61. The number of sulfonamides is 1. The topological polar surface area (TPSA) is 66.5 Å². The Morgan fingerprint density at radius 2 is 1.73 bits per heavy atom. The number of rotatable bonds is 5. The fraction of sp³-hybridized carbons (Fsp3) is 0.167. The first kappa shape index (κ1) is 18.1. The maximum absolute atomic E-state index is 12.6. The zero-order valence-electron chi connectivity index (χ0n) is 13.6. The molecule has 1 aliphatic heterocycles. The molecule has 0 saturated carbocycles. The maximum Gasteiger partial charge on any atom is 0.355 e. The van der Waals surface area contributed by atoms with Crippen molar-refractivity contribution in [3.63, 3.8) is 0 Å². The van der Waals surface area contributed by atoms with Gasteiger partial charge in [-0.2, -0.15) is 8.78 Å². The van der Waals surface area contributed by atoms with E-state index in [0.29, 0.717) is 23.4 Å². The third-order valence-electron chi connectivity index (χ3n) is 3.95. The summed E-state index contributed by atoms with van der Waals surface area (Å²) in [5.41, 5.74) is 1.89. The molecule has 0 bridgehead atoms. The average molecular weight is 378 g/mol. The maximum atomic E-state index is 12.6. The van der Waals surface area contributed by atoms with Crippen LogP contribution in [0.2, 0.25) is 0 Å². The van der Waals surface area contributed by atoms with Gasteiger partial charge in [-0.15, -0.1) is 0 Å². The van der Waals surface area contributed by atoms with Crippen LogP contribution in [-0.4, -0.2) is 26.6 Å². The number of halogens is 2. The van der Waals surface area contributed by atoms with Gasteiger partial charge in [0.15, 0.2) is 0 Å². The number of benzene rings is 2. The van der Waals surface area contributed by atoms with E-state index in [2.05, 4.69) is 0 Å². The Kier molecular flexibility index (Phi) is 5.03. The molecule has 1 aliphatic rings. The van der Waals surface area contributed by atoms with Gasteiger partial charge in [-0.3, -0.25) is 9.52 Å². The minimum atomic E-state index is -4.76. The third kappa shape index (κ3) is 3.75. The Morgan fingerprint density at radius 1 is 1.04 bits per heavy atom. The van der Waals surface area contributed by atoms with Gasteiger partial charge in [0, 0.05) is 17.8 Å². The van der Waals surface area contributed by atoms with Gasteiger partial charge in [0.1, 0.15) is 0 Å². The van der Waals surface area contributed by atoms with E-state index in [-0.39, 0.29) is 11.6 Å². The fourth-order valence-corrected chi connectivity index (χ4v) is 3.26. The van der Waals surface area contributed by atoms with E-state index < -0.39 is 15.8 Å². The van der Waals surface area contributed by atoms with Crippen molar-refractivity contribution in [2.24, 2.45) is 0 Å². The summed E-state index contributed by atoms with van der Waals surface area (Å²) >= 11 is 0. The minimum Gasteiger partial charge on any atom is -0.309 e. The molecule has 2 aromatic carbocycles. The van der Waals surface area contributed by atoms with E-state index in [1.807, 2.05) is 10.8 Å². The molecule has 1 amide bonds. The smallest absolute Gasteiger partial charge is 0.309 e. The van der Waals surface area contributed by atoms with Gasteiger partial charge in [-0.1, -0.05) is 36.4 Å². The van der Waals surface area contributed by atoms with Gasteiger partial charge in [0.25, 0.3) is 15.9 Å². The van der Waals surface area contributed by atoms with E-state index in [4.69, 9.17) is 0 Å². The minimum absolute atomic E-state index is 0.0672. The van der Waals surface area contributed by atoms with Crippen LogP contribution in [-0.2, 0) is 14.8 Å². The highest BCUT2D eigenvalue weighted by atomic mass is 32.2. The first-order valence-electron chi connectivity index (χ1n) is 7.86. The van der Waals surface area contributed by atoms with Gasteiger partial charge in [0.2, 0.25) is 0 Å². The molecule has 0 aromatic heterocycles. The third-order valence-corrected chi connectivity index (χ3v) is 4.92. The van der Waals surface area contributed by atoms with Crippen molar-refractivity contribution in [1.29, 1.82) is 0 Å². The molecule has 0 fully saturated rings. The van der Waals surface area contributed by atoms with E-state index in [1.165, 1.54) is 12.1 Å². The average Bonchev–Trinajstić information content (AvgIpc) is 2.62. The summed E-state index contributed by atoms with van der Waals surface area (Å²) < 4.78 is 50.1. The van der Waals surface area contributed by atoms with Gasteiger partial charge < -0.3 is 4.90 Å². The summed E-state index contributed by atoms with van der Waals surface area (Å²) in [6, 6.07) is 13.2. The van der Waals surface area contributed by atoms with Crippen LogP contribution < -0.4 is 9.62 Å². The zero-order chi connectivity index (χ0) is 18.7. The summed E-state index contributed by atoms with van der Waals surface area (Å²) in [6.07, 6.45) is 4.11. The molecule has 5 nitrogen and oxygen atoms in total. The van der Waals surface area contributed by atoms with Crippen molar-refractivity contribution in [2.75, 3.05) is 16.2 Å². The Morgan fingerprint density at radius 3 is 2.38 bits per heavy atom. The molecule has 1 N–H and O–H groups in total. The molecule has 136 valence electrons. The van der Waals surface area contributed by atoms with Crippen molar-refractivity contribution < 1.29 is 22.0 Å². The second-order valence-corrected chi connectivity index (χ2v) is 7.33. The second kappa shape index (κ2) is 7.25.